The van der Waals surface area contributed by atoms with Crippen LogP contribution < -0.4 is 5.32 Å². The summed E-state index contributed by atoms with van der Waals surface area (Å²) < 4.78 is 0. The van der Waals surface area contributed by atoms with Gasteiger partial charge in [0.15, 0.2) is 0 Å². The van der Waals surface area contributed by atoms with Gasteiger partial charge in [-0.15, -0.1) is 12.3 Å². The molecule has 0 atom stereocenters. The maximum absolute atomic E-state index is 11.9. The van der Waals surface area contributed by atoms with Crippen LogP contribution in [0.1, 0.15) is 64.7 Å². The molecule has 0 bridgehead atoms. The molecule has 0 unspecified atom stereocenters. The van der Waals surface area contributed by atoms with Crippen molar-refractivity contribution in [2.24, 2.45) is 5.92 Å². The molecule has 0 heterocycles. The van der Waals surface area contributed by atoms with Gasteiger partial charge in [-0.1, -0.05) is 13.3 Å². The highest BCUT2D eigenvalue weighted by atomic mass is 16.4. The number of carboxylic acids is 1. The fraction of sp³-hybridized carbons (Fsp3) is 0.750. The van der Waals surface area contributed by atoms with Crippen LogP contribution in [0.25, 0.3) is 0 Å². The Hall–Kier alpha value is -1.50. The first-order valence-corrected chi connectivity index (χ1v) is 7.52. The first kappa shape index (κ1) is 16.6. The van der Waals surface area contributed by atoms with Crippen LogP contribution in [0.5, 0.6) is 0 Å². The Bertz CT molecular complexity index is 376. The van der Waals surface area contributed by atoms with E-state index in [9.17, 15) is 14.7 Å². The number of carboxylic acid groups (broad SMARTS) is 1. The van der Waals surface area contributed by atoms with Crippen molar-refractivity contribution < 1.29 is 14.7 Å². The van der Waals surface area contributed by atoms with Crippen LogP contribution in [0.4, 0.5) is 0 Å². The SMILES string of the molecule is C#CCCCCC(=O)NC1(C(=O)O)CCC(CC)CC1. The Kier molecular flexibility index (Phi) is 6.57. The topological polar surface area (TPSA) is 66.4 Å². The number of carbonyl (C=O) groups excluding carboxylic acids is 1. The predicted octanol–water partition coefficient (Wildman–Crippen LogP) is 2.72. The summed E-state index contributed by atoms with van der Waals surface area (Å²) in [6, 6.07) is 0. The lowest BCUT2D eigenvalue weighted by Crippen LogP contribution is -2.56. The summed E-state index contributed by atoms with van der Waals surface area (Å²) in [5.74, 6) is 2.06. The van der Waals surface area contributed by atoms with Crippen LogP contribution in [0, 0.1) is 18.3 Å². The minimum absolute atomic E-state index is 0.167. The van der Waals surface area contributed by atoms with E-state index in [1.54, 1.807) is 0 Å². The van der Waals surface area contributed by atoms with Gasteiger partial charge in [-0.25, -0.2) is 4.79 Å². The van der Waals surface area contributed by atoms with Crippen LogP contribution >= 0.6 is 0 Å². The largest absolute Gasteiger partial charge is 0.480 e. The van der Waals surface area contributed by atoms with Crippen molar-refractivity contribution in [2.75, 3.05) is 0 Å². The number of hydrogen-bond acceptors (Lipinski definition) is 2. The molecular weight excluding hydrogens is 254 g/mol. The van der Waals surface area contributed by atoms with Crippen molar-refractivity contribution in [2.45, 2.75) is 70.3 Å². The lowest BCUT2D eigenvalue weighted by molar-refractivity contribution is -0.149. The molecule has 112 valence electrons. The fourth-order valence-electron chi connectivity index (χ4n) is 2.81. The van der Waals surface area contributed by atoms with Gasteiger partial charge in [0, 0.05) is 12.8 Å². The molecule has 20 heavy (non-hydrogen) atoms. The summed E-state index contributed by atoms with van der Waals surface area (Å²) in [7, 11) is 0. The van der Waals surface area contributed by atoms with E-state index in [1.807, 2.05) is 0 Å². The van der Waals surface area contributed by atoms with E-state index in [1.165, 1.54) is 0 Å². The van der Waals surface area contributed by atoms with Gasteiger partial charge in [0.25, 0.3) is 0 Å². The molecular formula is C16H25NO3. The molecule has 0 aliphatic heterocycles. The molecule has 0 aromatic carbocycles. The van der Waals surface area contributed by atoms with E-state index < -0.39 is 11.5 Å². The van der Waals surface area contributed by atoms with Crippen molar-refractivity contribution in [3.05, 3.63) is 0 Å². The Morgan fingerprint density at radius 1 is 1.35 bits per heavy atom. The molecule has 1 amide bonds. The molecule has 1 rings (SSSR count). The minimum Gasteiger partial charge on any atom is -0.480 e. The average Bonchev–Trinajstić information content (AvgIpc) is 2.44. The first-order valence-electron chi connectivity index (χ1n) is 7.52. The summed E-state index contributed by atoms with van der Waals surface area (Å²) in [5, 5.41) is 12.2. The second-order valence-electron chi connectivity index (χ2n) is 5.70. The number of unbranched alkanes of at least 4 members (excludes halogenated alkanes) is 2. The van der Waals surface area contributed by atoms with Crippen molar-refractivity contribution in [1.29, 1.82) is 0 Å². The second kappa shape index (κ2) is 7.94. The third kappa shape index (κ3) is 4.56. The van der Waals surface area contributed by atoms with Crippen molar-refractivity contribution in [3.63, 3.8) is 0 Å². The Morgan fingerprint density at radius 3 is 2.50 bits per heavy atom. The molecule has 1 aliphatic rings. The molecule has 0 spiro atoms. The zero-order chi connectivity index (χ0) is 15.0. The van der Waals surface area contributed by atoms with Crippen molar-refractivity contribution in [3.8, 4) is 12.3 Å². The lowest BCUT2D eigenvalue weighted by atomic mass is 9.75. The lowest BCUT2D eigenvalue weighted by Gasteiger charge is -2.37. The fourth-order valence-corrected chi connectivity index (χ4v) is 2.81. The molecule has 0 radical (unpaired) electrons. The van der Waals surface area contributed by atoms with Crippen LogP contribution in [0.15, 0.2) is 0 Å². The normalized spacial score (nSPS) is 25.7. The zero-order valence-corrected chi connectivity index (χ0v) is 12.3. The average molecular weight is 279 g/mol. The molecule has 0 saturated heterocycles. The Morgan fingerprint density at radius 2 is 2.00 bits per heavy atom. The minimum atomic E-state index is -1.05. The van der Waals surface area contributed by atoms with Crippen molar-refractivity contribution >= 4 is 11.9 Å². The number of amides is 1. The molecule has 1 fully saturated rings. The van der Waals surface area contributed by atoms with Crippen molar-refractivity contribution in [1.82, 2.24) is 5.32 Å². The molecule has 2 N–H and O–H groups in total. The van der Waals surface area contributed by atoms with Crippen LogP contribution in [0.2, 0.25) is 0 Å². The third-order valence-corrected chi connectivity index (χ3v) is 4.30. The quantitative estimate of drug-likeness (QED) is 0.556. The summed E-state index contributed by atoms with van der Waals surface area (Å²) in [6.07, 6.45) is 11.6. The maximum Gasteiger partial charge on any atom is 0.329 e. The number of hydrogen-bond donors (Lipinski definition) is 2. The maximum atomic E-state index is 11.9. The van der Waals surface area contributed by atoms with Gasteiger partial charge >= 0.3 is 5.97 Å². The van der Waals surface area contributed by atoms with E-state index in [-0.39, 0.29) is 5.91 Å². The molecule has 0 aromatic heterocycles. The molecule has 4 nitrogen and oxygen atoms in total. The first-order chi connectivity index (χ1) is 9.54. The van der Waals surface area contributed by atoms with E-state index >= 15 is 0 Å². The van der Waals surface area contributed by atoms with Gasteiger partial charge in [0.2, 0.25) is 5.91 Å². The third-order valence-electron chi connectivity index (χ3n) is 4.30. The highest BCUT2D eigenvalue weighted by molar-refractivity contribution is 5.87. The number of carbonyl (C=O) groups is 2. The molecule has 1 aliphatic carbocycles. The standard InChI is InChI=1S/C16H25NO3/c1-3-5-6-7-8-14(18)17-16(15(19)20)11-9-13(4-2)10-12-16/h1,13H,4-12H2,2H3,(H,17,18)(H,19,20). The number of aliphatic carboxylic acids is 1. The summed E-state index contributed by atoms with van der Waals surface area (Å²) in [6.45, 7) is 2.13. The van der Waals surface area contributed by atoms with E-state index in [0.29, 0.717) is 38.0 Å². The van der Waals surface area contributed by atoms with Gasteiger partial charge in [0.05, 0.1) is 0 Å². The zero-order valence-electron chi connectivity index (χ0n) is 12.3. The van der Waals surface area contributed by atoms with Crippen LogP contribution in [0.3, 0.4) is 0 Å². The van der Waals surface area contributed by atoms with E-state index in [2.05, 4.69) is 18.2 Å². The van der Waals surface area contributed by atoms with Gasteiger partial charge in [-0.2, -0.15) is 0 Å². The summed E-state index contributed by atoms with van der Waals surface area (Å²) >= 11 is 0. The molecule has 4 heteroatoms. The highest BCUT2D eigenvalue weighted by Gasteiger charge is 2.42. The molecule has 0 aromatic rings. The monoisotopic (exact) mass is 279 g/mol. The van der Waals surface area contributed by atoms with Crippen LogP contribution in [-0.2, 0) is 9.59 Å². The van der Waals surface area contributed by atoms with E-state index in [0.717, 1.165) is 25.7 Å². The highest BCUT2D eigenvalue weighted by Crippen LogP contribution is 2.34. The molecule has 1 saturated carbocycles. The summed E-state index contributed by atoms with van der Waals surface area (Å²) in [4.78, 5) is 23.5. The number of nitrogens with one attached hydrogen (secondary N) is 1. The Balaban J connectivity index is 2.49. The van der Waals surface area contributed by atoms with E-state index in [4.69, 9.17) is 6.42 Å². The van der Waals surface area contributed by atoms with Gasteiger partial charge < -0.3 is 10.4 Å². The van der Waals surface area contributed by atoms with Crippen LogP contribution in [-0.4, -0.2) is 22.5 Å². The number of terminal acetylenes is 1. The Labute approximate surface area is 121 Å². The smallest absolute Gasteiger partial charge is 0.329 e. The summed E-state index contributed by atoms with van der Waals surface area (Å²) in [5.41, 5.74) is -1.05. The number of rotatable bonds is 7. The predicted molar refractivity (Wildman–Crippen MR) is 78.1 cm³/mol. The van der Waals surface area contributed by atoms with Gasteiger partial charge in [-0.05, 0) is 44.4 Å². The van der Waals surface area contributed by atoms with Gasteiger partial charge in [-0.3, -0.25) is 4.79 Å². The second-order valence-corrected chi connectivity index (χ2v) is 5.70. The van der Waals surface area contributed by atoms with Gasteiger partial charge in [0.1, 0.15) is 5.54 Å².